The number of esters is 1. The molecule has 1 N–H and O–H groups in total. The van der Waals surface area contributed by atoms with Gasteiger partial charge in [0.2, 0.25) is 0 Å². The number of hydrogen-bond donors (Lipinski definition) is 1. The number of nitro benzene ring substituents is 1. The maximum atomic E-state index is 12.3. The Labute approximate surface area is 167 Å². The Kier molecular flexibility index (Phi) is 5.77. The van der Waals surface area contributed by atoms with Gasteiger partial charge >= 0.3 is 5.97 Å². The Morgan fingerprint density at radius 3 is 2.66 bits per heavy atom. The smallest absolute Gasteiger partial charge is 0.340 e. The van der Waals surface area contributed by atoms with Crippen molar-refractivity contribution in [2.75, 3.05) is 19.5 Å². The van der Waals surface area contributed by atoms with E-state index in [4.69, 9.17) is 9.47 Å². The van der Waals surface area contributed by atoms with Gasteiger partial charge in [0.15, 0.2) is 0 Å². The van der Waals surface area contributed by atoms with Crippen LogP contribution in [0.15, 0.2) is 54.9 Å². The SMILES string of the molecule is COC(=O)c1cc([N+](=O)[O-])ccc1NC(c1cccc(OC)c1)c1nccn1C. The summed E-state index contributed by atoms with van der Waals surface area (Å²) in [6.45, 7) is 0. The first-order valence-corrected chi connectivity index (χ1v) is 8.69. The van der Waals surface area contributed by atoms with Crippen molar-refractivity contribution in [1.29, 1.82) is 0 Å². The third-order valence-electron chi connectivity index (χ3n) is 4.46. The minimum absolute atomic E-state index is 0.0591. The second-order valence-corrected chi connectivity index (χ2v) is 6.23. The van der Waals surface area contributed by atoms with Crippen molar-refractivity contribution in [1.82, 2.24) is 9.55 Å². The molecule has 0 saturated heterocycles. The number of anilines is 1. The normalized spacial score (nSPS) is 11.6. The molecule has 0 amide bonds. The summed E-state index contributed by atoms with van der Waals surface area (Å²) in [4.78, 5) is 27.2. The molecule has 1 unspecified atom stereocenters. The zero-order valence-electron chi connectivity index (χ0n) is 16.2. The number of methoxy groups -OCH3 is 2. The van der Waals surface area contributed by atoms with Crippen LogP contribution in [0.3, 0.4) is 0 Å². The molecule has 0 radical (unpaired) electrons. The Morgan fingerprint density at radius 2 is 2.03 bits per heavy atom. The van der Waals surface area contributed by atoms with Crippen LogP contribution in [0.4, 0.5) is 11.4 Å². The van der Waals surface area contributed by atoms with Gasteiger partial charge < -0.3 is 19.4 Å². The third-order valence-corrected chi connectivity index (χ3v) is 4.46. The largest absolute Gasteiger partial charge is 0.497 e. The van der Waals surface area contributed by atoms with Crippen LogP contribution in [0.5, 0.6) is 5.75 Å². The zero-order valence-corrected chi connectivity index (χ0v) is 16.2. The summed E-state index contributed by atoms with van der Waals surface area (Å²) in [6, 6.07) is 11.0. The maximum absolute atomic E-state index is 12.3. The zero-order chi connectivity index (χ0) is 21.0. The van der Waals surface area contributed by atoms with Gasteiger partial charge in [0.05, 0.1) is 30.4 Å². The fourth-order valence-electron chi connectivity index (χ4n) is 2.98. The minimum Gasteiger partial charge on any atom is -0.497 e. The predicted octanol–water partition coefficient (Wildman–Crippen LogP) is 3.33. The van der Waals surface area contributed by atoms with Crippen molar-refractivity contribution >= 4 is 17.3 Å². The van der Waals surface area contributed by atoms with E-state index in [0.717, 1.165) is 5.56 Å². The lowest BCUT2D eigenvalue weighted by molar-refractivity contribution is -0.384. The Hall–Kier alpha value is -3.88. The van der Waals surface area contributed by atoms with Gasteiger partial charge in [-0.15, -0.1) is 0 Å². The van der Waals surface area contributed by atoms with Gasteiger partial charge in [-0.2, -0.15) is 0 Å². The number of benzene rings is 2. The molecule has 0 saturated carbocycles. The average Bonchev–Trinajstić information content (AvgIpc) is 3.16. The molecule has 3 rings (SSSR count). The number of imidazole rings is 1. The molecule has 29 heavy (non-hydrogen) atoms. The van der Waals surface area contributed by atoms with E-state index in [1.807, 2.05) is 35.9 Å². The van der Waals surface area contributed by atoms with Gasteiger partial charge in [-0.05, 0) is 23.8 Å². The molecule has 3 aromatic rings. The van der Waals surface area contributed by atoms with E-state index >= 15 is 0 Å². The van der Waals surface area contributed by atoms with E-state index in [0.29, 0.717) is 17.3 Å². The van der Waals surface area contributed by atoms with Crippen molar-refractivity contribution in [2.45, 2.75) is 6.04 Å². The first-order chi connectivity index (χ1) is 13.9. The molecule has 0 aliphatic carbocycles. The number of carbonyl (C=O) groups excluding carboxylic acids is 1. The quantitative estimate of drug-likeness (QED) is 0.371. The number of aryl methyl sites for hydroxylation is 1. The van der Waals surface area contributed by atoms with E-state index < -0.39 is 16.9 Å². The van der Waals surface area contributed by atoms with Crippen LogP contribution >= 0.6 is 0 Å². The standard InChI is InChI=1S/C20H20N4O5/c1-23-10-9-21-19(23)18(13-5-4-6-15(11-13)28-2)22-17-8-7-14(24(26)27)12-16(17)20(25)29-3/h4-12,18,22H,1-3H3. The van der Waals surface area contributed by atoms with E-state index in [2.05, 4.69) is 10.3 Å². The molecule has 9 heteroatoms. The highest BCUT2D eigenvalue weighted by molar-refractivity contribution is 5.96. The highest BCUT2D eigenvalue weighted by Gasteiger charge is 2.23. The van der Waals surface area contributed by atoms with E-state index in [1.165, 1.54) is 25.3 Å². The molecule has 150 valence electrons. The van der Waals surface area contributed by atoms with Gasteiger partial charge in [-0.25, -0.2) is 9.78 Å². The number of rotatable bonds is 7. The van der Waals surface area contributed by atoms with Gasteiger partial charge in [0.25, 0.3) is 5.69 Å². The number of nitro groups is 1. The summed E-state index contributed by atoms with van der Waals surface area (Å²) in [5.74, 6) is 0.674. The van der Waals surface area contributed by atoms with Crippen LogP contribution in [-0.2, 0) is 11.8 Å². The third kappa shape index (κ3) is 4.18. The Morgan fingerprint density at radius 1 is 1.24 bits per heavy atom. The molecule has 0 fully saturated rings. The number of nitrogens with zero attached hydrogens (tertiary/aromatic N) is 3. The summed E-state index contributed by atoms with van der Waals surface area (Å²) in [7, 11) is 4.66. The number of carbonyl (C=O) groups is 1. The lowest BCUT2D eigenvalue weighted by Gasteiger charge is -2.22. The number of nitrogens with one attached hydrogen (secondary N) is 1. The molecular weight excluding hydrogens is 376 g/mol. The lowest BCUT2D eigenvalue weighted by Crippen LogP contribution is -2.19. The lowest BCUT2D eigenvalue weighted by atomic mass is 10.0. The summed E-state index contributed by atoms with van der Waals surface area (Å²) >= 11 is 0. The molecule has 9 nitrogen and oxygen atoms in total. The van der Waals surface area contributed by atoms with Crippen LogP contribution < -0.4 is 10.1 Å². The summed E-state index contributed by atoms with van der Waals surface area (Å²) in [5, 5.41) is 14.4. The number of aromatic nitrogens is 2. The first kappa shape index (κ1) is 19.9. The maximum Gasteiger partial charge on any atom is 0.340 e. The van der Waals surface area contributed by atoms with Crippen LogP contribution in [0.1, 0.15) is 27.8 Å². The molecule has 2 aromatic carbocycles. The molecule has 0 bridgehead atoms. The van der Waals surface area contributed by atoms with Crippen LogP contribution in [0.2, 0.25) is 0 Å². The van der Waals surface area contributed by atoms with Gasteiger partial charge in [-0.3, -0.25) is 10.1 Å². The van der Waals surface area contributed by atoms with Crippen LogP contribution in [0, 0.1) is 10.1 Å². The number of ether oxygens (including phenoxy) is 2. The van der Waals surface area contributed by atoms with Crippen molar-refractivity contribution in [2.24, 2.45) is 7.05 Å². The van der Waals surface area contributed by atoms with E-state index in [9.17, 15) is 14.9 Å². The fraction of sp³-hybridized carbons (Fsp3) is 0.200. The molecule has 1 heterocycles. The monoisotopic (exact) mass is 396 g/mol. The van der Waals surface area contributed by atoms with E-state index in [1.54, 1.807) is 19.5 Å². The second kappa shape index (κ2) is 8.42. The highest BCUT2D eigenvalue weighted by Crippen LogP contribution is 2.31. The van der Waals surface area contributed by atoms with Crippen molar-refractivity contribution in [3.63, 3.8) is 0 Å². The molecular formula is C20H20N4O5. The van der Waals surface area contributed by atoms with Crippen molar-refractivity contribution < 1.29 is 19.2 Å². The van der Waals surface area contributed by atoms with Crippen LogP contribution in [-0.4, -0.2) is 34.7 Å². The Balaban J connectivity index is 2.10. The van der Waals surface area contributed by atoms with Crippen molar-refractivity contribution in [3.8, 4) is 5.75 Å². The van der Waals surface area contributed by atoms with Crippen LogP contribution in [0.25, 0.3) is 0 Å². The van der Waals surface area contributed by atoms with Gasteiger partial charge in [0.1, 0.15) is 17.6 Å². The molecule has 0 aliphatic rings. The highest BCUT2D eigenvalue weighted by atomic mass is 16.6. The predicted molar refractivity (Wildman–Crippen MR) is 106 cm³/mol. The molecule has 0 spiro atoms. The first-order valence-electron chi connectivity index (χ1n) is 8.69. The fourth-order valence-corrected chi connectivity index (χ4v) is 2.98. The number of non-ortho nitro benzene ring substituents is 1. The molecule has 1 aromatic heterocycles. The summed E-state index contributed by atoms with van der Waals surface area (Å²) in [5.41, 5.74) is 1.08. The molecule has 0 aliphatic heterocycles. The number of hydrogen-bond acceptors (Lipinski definition) is 7. The van der Waals surface area contributed by atoms with Gasteiger partial charge in [0, 0.05) is 31.6 Å². The summed E-state index contributed by atoms with van der Waals surface area (Å²) in [6.07, 6.45) is 3.47. The Bertz CT molecular complexity index is 1050. The summed E-state index contributed by atoms with van der Waals surface area (Å²) < 4.78 is 12.0. The van der Waals surface area contributed by atoms with E-state index in [-0.39, 0.29) is 11.3 Å². The average molecular weight is 396 g/mol. The topological polar surface area (TPSA) is 109 Å². The molecule has 1 atom stereocenters. The van der Waals surface area contributed by atoms with Crippen molar-refractivity contribution in [3.05, 3.63) is 81.9 Å². The minimum atomic E-state index is -0.680. The second-order valence-electron chi connectivity index (χ2n) is 6.23. The van der Waals surface area contributed by atoms with Gasteiger partial charge in [-0.1, -0.05) is 12.1 Å².